The zero-order valence-electron chi connectivity index (χ0n) is 12.3. The molecule has 3 heteroatoms. The standard InChI is InChI=1S/C17H25NO2/c1-19-16-4-2-3-5-17(16)20-9-8-18-12-15-11-13-6-7-14(15)10-13/h2-5,13-15,18H,6-12H2,1H3. The summed E-state index contributed by atoms with van der Waals surface area (Å²) in [6.45, 7) is 2.77. The highest BCUT2D eigenvalue weighted by Gasteiger charge is 2.38. The van der Waals surface area contributed by atoms with Gasteiger partial charge in [0, 0.05) is 6.54 Å². The van der Waals surface area contributed by atoms with E-state index in [0.29, 0.717) is 6.61 Å². The predicted molar refractivity (Wildman–Crippen MR) is 80.3 cm³/mol. The van der Waals surface area contributed by atoms with Gasteiger partial charge in [-0.25, -0.2) is 0 Å². The summed E-state index contributed by atoms with van der Waals surface area (Å²) in [6.07, 6.45) is 5.89. The van der Waals surface area contributed by atoms with E-state index in [1.807, 2.05) is 24.3 Å². The smallest absolute Gasteiger partial charge is 0.161 e. The van der Waals surface area contributed by atoms with Crippen LogP contribution in [0, 0.1) is 17.8 Å². The Balaban J connectivity index is 1.34. The van der Waals surface area contributed by atoms with E-state index >= 15 is 0 Å². The largest absolute Gasteiger partial charge is 0.493 e. The van der Waals surface area contributed by atoms with Gasteiger partial charge in [-0.15, -0.1) is 0 Å². The van der Waals surface area contributed by atoms with Crippen molar-refractivity contribution in [3.63, 3.8) is 0 Å². The maximum Gasteiger partial charge on any atom is 0.161 e. The van der Waals surface area contributed by atoms with Crippen molar-refractivity contribution in [3.8, 4) is 11.5 Å². The predicted octanol–water partition coefficient (Wildman–Crippen LogP) is 3.10. The Morgan fingerprint density at radius 3 is 2.70 bits per heavy atom. The maximum absolute atomic E-state index is 5.77. The lowest BCUT2D eigenvalue weighted by Crippen LogP contribution is -2.29. The fraction of sp³-hybridized carbons (Fsp3) is 0.647. The van der Waals surface area contributed by atoms with Crippen LogP contribution in [0.5, 0.6) is 11.5 Å². The Hall–Kier alpha value is -1.22. The van der Waals surface area contributed by atoms with E-state index in [0.717, 1.165) is 42.3 Å². The van der Waals surface area contributed by atoms with Crippen LogP contribution in [0.2, 0.25) is 0 Å². The molecular weight excluding hydrogens is 250 g/mol. The van der Waals surface area contributed by atoms with Crippen molar-refractivity contribution < 1.29 is 9.47 Å². The lowest BCUT2D eigenvalue weighted by molar-refractivity contribution is 0.275. The van der Waals surface area contributed by atoms with Crippen LogP contribution >= 0.6 is 0 Å². The van der Waals surface area contributed by atoms with Gasteiger partial charge in [0.1, 0.15) is 6.61 Å². The van der Waals surface area contributed by atoms with Crippen molar-refractivity contribution in [2.45, 2.75) is 25.7 Å². The summed E-state index contributed by atoms with van der Waals surface area (Å²) in [7, 11) is 1.68. The van der Waals surface area contributed by atoms with E-state index < -0.39 is 0 Å². The molecule has 1 N–H and O–H groups in total. The molecule has 0 saturated heterocycles. The SMILES string of the molecule is COc1ccccc1OCCNCC1CC2CCC1C2. The highest BCUT2D eigenvalue weighted by atomic mass is 16.5. The minimum Gasteiger partial charge on any atom is -0.493 e. The second-order valence-electron chi connectivity index (χ2n) is 6.14. The van der Waals surface area contributed by atoms with Gasteiger partial charge in [0.05, 0.1) is 7.11 Å². The lowest BCUT2D eigenvalue weighted by atomic mass is 9.89. The summed E-state index contributed by atoms with van der Waals surface area (Å²) in [5.74, 6) is 4.59. The van der Waals surface area contributed by atoms with Crippen LogP contribution in [0.25, 0.3) is 0 Å². The van der Waals surface area contributed by atoms with E-state index in [1.165, 1.54) is 25.7 Å². The second kappa shape index (κ2) is 6.49. The van der Waals surface area contributed by atoms with Gasteiger partial charge < -0.3 is 14.8 Å². The molecule has 2 bridgehead atoms. The minimum atomic E-state index is 0.696. The number of fused-ring (bicyclic) bond motifs is 2. The van der Waals surface area contributed by atoms with Gasteiger partial charge in [-0.1, -0.05) is 18.6 Å². The molecule has 3 unspecified atom stereocenters. The van der Waals surface area contributed by atoms with Crippen molar-refractivity contribution in [2.75, 3.05) is 26.8 Å². The zero-order chi connectivity index (χ0) is 13.8. The molecule has 20 heavy (non-hydrogen) atoms. The molecule has 0 aliphatic heterocycles. The number of hydrogen-bond donors (Lipinski definition) is 1. The Morgan fingerprint density at radius 2 is 2.00 bits per heavy atom. The van der Waals surface area contributed by atoms with Crippen molar-refractivity contribution in [1.29, 1.82) is 0 Å². The third-order valence-corrected chi connectivity index (χ3v) is 4.90. The van der Waals surface area contributed by atoms with Crippen molar-refractivity contribution >= 4 is 0 Å². The number of ether oxygens (including phenoxy) is 2. The number of nitrogens with one attached hydrogen (secondary N) is 1. The first kappa shape index (κ1) is 13.7. The molecule has 2 fully saturated rings. The van der Waals surface area contributed by atoms with Crippen LogP contribution in [-0.2, 0) is 0 Å². The van der Waals surface area contributed by atoms with Crippen LogP contribution in [0.3, 0.4) is 0 Å². The Bertz CT molecular complexity index is 435. The van der Waals surface area contributed by atoms with Crippen LogP contribution in [0.15, 0.2) is 24.3 Å². The molecule has 3 atom stereocenters. The average molecular weight is 275 g/mol. The average Bonchev–Trinajstić information content (AvgIpc) is 3.10. The van der Waals surface area contributed by atoms with Gasteiger partial charge >= 0.3 is 0 Å². The Morgan fingerprint density at radius 1 is 1.15 bits per heavy atom. The summed E-state index contributed by atoms with van der Waals surface area (Å²) in [6, 6.07) is 7.81. The molecule has 2 saturated carbocycles. The molecule has 0 spiro atoms. The minimum absolute atomic E-state index is 0.696. The molecule has 2 aliphatic carbocycles. The highest BCUT2D eigenvalue weighted by molar-refractivity contribution is 5.39. The van der Waals surface area contributed by atoms with Gasteiger partial charge in [-0.2, -0.15) is 0 Å². The fourth-order valence-corrected chi connectivity index (χ4v) is 3.89. The highest BCUT2D eigenvalue weighted by Crippen LogP contribution is 2.47. The molecule has 1 aromatic rings. The van der Waals surface area contributed by atoms with Gasteiger partial charge in [0.15, 0.2) is 11.5 Å². The molecular formula is C17H25NO2. The molecule has 2 aliphatic rings. The van der Waals surface area contributed by atoms with Crippen molar-refractivity contribution in [2.24, 2.45) is 17.8 Å². The third kappa shape index (κ3) is 3.09. The van der Waals surface area contributed by atoms with Crippen LogP contribution < -0.4 is 14.8 Å². The summed E-state index contributed by atoms with van der Waals surface area (Å²) in [5.41, 5.74) is 0. The van der Waals surface area contributed by atoms with E-state index in [4.69, 9.17) is 9.47 Å². The molecule has 0 radical (unpaired) electrons. The van der Waals surface area contributed by atoms with Crippen molar-refractivity contribution in [1.82, 2.24) is 5.32 Å². The van der Waals surface area contributed by atoms with Gasteiger partial charge in [0.2, 0.25) is 0 Å². The first-order valence-electron chi connectivity index (χ1n) is 7.83. The molecule has 0 amide bonds. The molecule has 0 aromatic heterocycles. The molecule has 3 nitrogen and oxygen atoms in total. The van der Waals surface area contributed by atoms with E-state index in [-0.39, 0.29) is 0 Å². The third-order valence-electron chi connectivity index (χ3n) is 4.90. The lowest BCUT2D eigenvalue weighted by Gasteiger charge is -2.22. The fourth-order valence-electron chi connectivity index (χ4n) is 3.89. The number of para-hydroxylation sites is 2. The zero-order valence-corrected chi connectivity index (χ0v) is 12.3. The summed E-state index contributed by atoms with van der Waals surface area (Å²) in [4.78, 5) is 0. The second-order valence-corrected chi connectivity index (χ2v) is 6.14. The number of hydrogen-bond acceptors (Lipinski definition) is 3. The monoisotopic (exact) mass is 275 g/mol. The van der Waals surface area contributed by atoms with Gasteiger partial charge in [0.25, 0.3) is 0 Å². The maximum atomic E-state index is 5.77. The number of rotatable bonds is 7. The van der Waals surface area contributed by atoms with E-state index in [9.17, 15) is 0 Å². The van der Waals surface area contributed by atoms with E-state index in [2.05, 4.69) is 5.32 Å². The van der Waals surface area contributed by atoms with Gasteiger partial charge in [-0.3, -0.25) is 0 Å². The quantitative estimate of drug-likeness (QED) is 0.776. The Kier molecular flexibility index (Phi) is 4.46. The summed E-state index contributed by atoms with van der Waals surface area (Å²) < 4.78 is 11.0. The molecule has 110 valence electrons. The van der Waals surface area contributed by atoms with E-state index in [1.54, 1.807) is 7.11 Å². The van der Waals surface area contributed by atoms with Crippen molar-refractivity contribution in [3.05, 3.63) is 24.3 Å². The van der Waals surface area contributed by atoms with Crippen LogP contribution in [0.4, 0.5) is 0 Å². The number of methoxy groups -OCH3 is 1. The first-order valence-corrected chi connectivity index (χ1v) is 7.83. The molecule has 1 aromatic carbocycles. The number of benzene rings is 1. The Labute approximate surface area is 121 Å². The van der Waals surface area contributed by atoms with Crippen LogP contribution in [-0.4, -0.2) is 26.8 Å². The normalized spacial score (nSPS) is 27.8. The summed E-state index contributed by atoms with van der Waals surface area (Å²) >= 11 is 0. The molecule has 3 rings (SSSR count). The van der Waals surface area contributed by atoms with Gasteiger partial charge in [-0.05, 0) is 55.7 Å². The summed E-state index contributed by atoms with van der Waals surface area (Å²) in [5, 5.41) is 3.55. The first-order chi connectivity index (χ1) is 9.86. The van der Waals surface area contributed by atoms with Crippen LogP contribution in [0.1, 0.15) is 25.7 Å². The topological polar surface area (TPSA) is 30.5 Å². The molecule has 0 heterocycles.